The molecule has 5 nitrogen and oxygen atoms in total. The van der Waals surface area contributed by atoms with Crippen LogP contribution in [0.5, 0.6) is 0 Å². The van der Waals surface area contributed by atoms with Gasteiger partial charge in [0.15, 0.2) is 0 Å². The molecule has 0 aromatic carbocycles. The molecule has 0 aliphatic carbocycles. The predicted octanol–water partition coefficient (Wildman–Crippen LogP) is 1.87. The Morgan fingerprint density at radius 1 is 1.37 bits per heavy atom. The van der Waals surface area contributed by atoms with Crippen molar-refractivity contribution in [3.05, 3.63) is 30.9 Å². The first kappa shape index (κ1) is 13.5. The summed E-state index contributed by atoms with van der Waals surface area (Å²) in [5.41, 5.74) is 7.89. The van der Waals surface area contributed by atoms with Crippen LogP contribution in [0.1, 0.15) is 13.8 Å². The minimum absolute atomic E-state index is 0.0496. The van der Waals surface area contributed by atoms with Gasteiger partial charge in [-0.2, -0.15) is 0 Å². The summed E-state index contributed by atoms with van der Waals surface area (Å²) in [7, 11) is 4.17. The Labute approximate surface area is 114 Å². The van der Waals surface area contributed by atoms with E-state index in [1.165, 1.54) is 0 Å². The van der Waals surface area contributed by atoms with Crippen molar-refractivity contribution in [3.63, 3.8) is 0 Å². The van der Waals surface area contributed by atoms with Crippen LogP contribution in [-0.2, 0) is 6.54 Å². The molecule has 2 rings (SSSR count). The lowest BCUT2D eigenvalue weighted by molar-refractivity contribution is 0.170. The zero-order valence-electron chi connectivity index (χ0n) is 12.0. The molecule has 0 fully saturated rings. The van der Waals surface area contributed by atoms with Gasteiger partial charge in [0.1, 0.15) is 5.82 Å². The van der Waals surface area contributed by atoms with Crippen molar-refractivity contribution in [1.29, 1.82) is 0 Å². The van der Waals surface area contributed by atoms with Crippen molar-refractivity contribution in [2.75, 3.05) is 19.8 Å². The number of likely N-dealkylation sites (N-methyl/N-ethyl adjacent to an activating group) is 1. The van der Waals surface area contributed by atoms with Crippen molar-refractivity contribution in [1.82, 2.24) is 19.4 Å². The largest absolute Gasteiger partial charge is 0.384 e. The number of nitrogens with zero attached hydrogens (tertiary/aromatic N) is 4. The van der Waals surface area contributed by atoms with E-state index in [1.807, 2.05) is 24.7 Å². The Bertz CT molecular complexity index is 556. The summed E-state index contributed by atoms with van der Waals surface area (Å²) in [6.45, 7) is 5.27. The Hall–Kier alpha value is -1.88. The molecule has 2 heterocycles. The van der Waals surface area contributed by atoms with E-state index in [4.69, 9.17) is 5.73 Å². The first-order valence-electron chi connectivity index (χ1n) is 6.29. The van der Waals surface area contributed by atoms with Gasteiger partial charge >= 0.3 is 0 Å². The summed E-state index contributed by atoms with van der Waals surface area (Å²) in [6, 6.07) is 3.82. The number of nitrogens with two attached hydrogens (primary N) is 1. The first-order chi connectivity index (χ1) is 8.90. The summed E-state index contributed by atoms with van der Waals surface area (Å²) in [4.78, 5) is 10.5. The summed E-state index contributed by atoms with van der Waals surface area (Å²) in [6.07, 6.45) is 5.44. The van der Waals surface area contributed by atoms with Gasteiger partial charge < -0.3 is 15.2 Å². The lowest BCUT2D eigenvalue weighted by atomic mass is 10.0. The predicted molar refractivity (Wildman–Crippen MR) is 77.6 cm³/mol. The molecule has 19 heavy (non-hydrogen) atoms. The molecule has 2 aromatic heterocycles. The lowest BCUT2D eigenvalue weighted by Gasteiger charge is -2.33. The van der Waals surface area contributed by atoms with Gasteiger partial charge in [-0.15, -0.1) is 0 Å². The van der Waals surface area contributed by atoms with Gasteiger partial charge in [-0.1, -0.05) is 0 Å². The summed E-state index contributed by atoms with van der Waals surface area (Å²) in [5, 5.41) is 0. The smallest absolute Gasteiger partial charge is 0.123 e. The third-order valence-electron chi connectivity index (χ3n) is 3.56. The van der Waals surface area contributed by atoms with E-state index in [0.29, 0.717) is 5.82 Å². The molecule has 0 bridgehead atoms. The molecule has 0 spiro atoms. The summed E-state index contributed by atoms with van der Waals surface area (Å²) >= 11 is 0. The molecule has 0 amide bonds. The van der Waals surface area contributed by atoms with E-state index in [1.54, 1.807) is 6.20 Å². The monoisotopic (exact) mass is 259 g/mol. The molecule has 0 saturated heterocycles. The van der Waals surface area contributed by atoms with E-state index in [-0.39, 0.29) is 5.54 Å². The third-order valence-corrected chi connectivity index (χ3v) is 3.56. The van der Waals surface area contributed by atoms with Gasteiger partial charge in [0.05, 0.1) is 18.2 Å². The third kappa shape index (κ3) is 2.93. The molecule has 0 aliphatic heterocycles. The Balaban J connectivity index is 2.33. The van der Waals surface area contributed by atoms with Crippen LogP contribution in [0.3, 0.4) is 0 Å². The second-order valence-electron chi connectivity index (χ2n) is 5.58. The molecule has 0 aliphatic rings. The molecular formula is C14H21N5. The van der Waals surface area contributed by atoms with Crippen LogP contribution in [-0.4, -0.2) is 39.1 Å². The van der Waals surface area contributed by atoms with Crippen LogP contribution in [0.15, 0.2) is 30.9 Å². The second kappa shape index (κ2) is 5.01. The van der Waals surface area contributed by atoms with Crippen molar-refractivity contribution in [2.45, 2.75) is 25.9 Å². The normalized spacial score (nSPS) is 12.1. The minimum atomic E-state index is 0.0496. The fourth-order valence-electron chi connectivity index (χ4n) is 1.85. The van der Waals surface area contributed by atoms with Crippen molar-refractivity contribution in [2.24, 2.45) is 0 Å². The van der Waals surface area contributed by atoms with Crippen LogP contribution < -0.4 is 5.73 Å². The minimum Gasteiger partial charge on any atom is -0.384 e. The number of imidazole rings is 1. The molecule has 2 N–H and O–H groups in total. The highest BCUT2D eigenvalue weighted by Gasteiger charge is 2.22. The average Bonchev–Trinajstić information content (AvgIpc) is 2.76. The Kier molecular flexibility index (Phi) is 3.57. The van der Waals surface area contributed by atoms with Gasteiger partial charge in [-0.05, 0) is 40.1 Å². The molecular weight excluding hydrogens is 238 g/mol. The number of hydrogen-bond donors (Lipinski definition) is 1. The maximum absolute atomic E-state index is 5.74. The number of aromatic nitrogens is 3. The quantitative estimate of drug-likeness (QED) is 0.910. The number of anilines is 1. The highest BCUT2D eigenvalue weighted by atomic mass is 15.2. The summed E-state index contributed by atoms with van der Waals surface area (Å²) in [5.74, 6) is 0.525. The summed E-state index contributed by atoms with van der Waals surface area (Å²) < 4.78 is 2.15. The Morgan fingerprint density at radius 2 is 2.11 bits per heavy atom. The van der Waals surface area contributed by atoms with E-state index in [2.05, 4.69) is 47.4 Å². The molecule has 5 heteroatoms. The van der Waals surface area contributed by atoms with Crippen LogP contribution in [0.25, 0.3) is 11.3 Å². The van der Waals surface area contributed by atoms with Gasteiger partial charge in [0.2, 0.25) is 0 Å². The fourth-order valence-corrected chi connectivity index (χ4v) is 1.85. The topological polar surface area (TPSA) is 60.0 Å². The Morgan fingerprint density at radius 3 is 2.74 bits per heavy atom. The first-order valence-corrected chi connectivity index (χ1v) is 6.29. The highest BCUT2D eigenvalue weighted by molar-refractivity contribution is 5.61. The van der Waals surface area contributed by atoms with Crippen molar-refractivity contribution in [3.8, 4) is 11.3 Å². The van der Waals surface area contributed by atoms with Crippen LogP contribution in [0.4, 0.5) is 5.82 Å². The molecule has 0 unspecified atom stereocenters. The maximum atomic E-state index is 5.74. The number of rotatable bonds is 4. The van der Waals surface area contributed by atoms with Crippen LogP contribution >= 0.6 is 0 Å². The standard InChI is InChI=1S/C14H21N5/c1-14(2,18(3)4)9-19-10-16-8-12(19)11-5-6-17-13(15)7-11/h5-8,10H,9H2,1-4H3,(H2,15,17). The van der Waals surface area contributed by atoms with Gasteiger partial charge in [0.25, 0.3) is 0 Å². The SMILES string of the molecule is CN(C)C(C)(C)Cn1cncc1-c1ccnc(N)c1. The van der Waals surface area contributed by atoms with Gasteiger partial charge in [-0.3, -0.25) is 0 Å². The zero-order valence-corrected chi connectivity index (χ0v) is 12.0. The van der Waals surface area contributed by atoms with Crippen LogP contribution in [0, 0.1) is 0 Å². The van der Waals surface area contributed by atoms with E-state index in [9.17, 15) is 0 Å². The van der Waals surface area contributed by atoms with Crippen molar-refractivity contribution >= 4 is 5.82 Å². The van der Waals surface area contributed by atoms with Gasteiger partial charge in [-0.25, -0.2) is 9.97 Å². The van der Waals surface area contributed by atoms with E-state index < -0.39 is 0 Å². The molecule has 0 saturated carbocycles. The number of pyridine rings is 1. The van der Waals surface area contributed by atoms with E-state index in [0.717, 1.165) is 17.8 Å². The van der Waals surface area contributed by atoms with Crippen molar-refractivity contribution < 1.29 is 0 Å². The maximum Gasteiger partial charge on any atom is 0.123 e. The number of hydrogen-bond acceptors (Lipinski definition) is 4. The van der Waals surface area contributed by atoms with Crippen LogP contribution in [0.2, 0.25) is 0 Å². The molecule has 0 radical (unpaired) electrons. The van der Waals surface area contributed by atoms with Gasteiger partial charge in [0, 0.05) is 23.8 Å². The molecule has 2 aromatic rings. The lowest BCUT2D eigenvalue weighted by Crippen LogP contribution is -2.42. The number of nitrogen functional groups attached to an aromatic ring is 1. The average molecular weight is 259 g/mol. The van der Waals surface area contributed by atoms with E-state index >= 15 is 0 Å². The fraction of sp³-hybridized carbons (Fsp3) is 0.429. The molecule has 102 valence electrons. The highest BCUT2D eigenvalue weighted by Crippen LogP contribution is 2.23. The molecule has 0 atom stereocenters. The second-order valence-corrected chi connectivity index (χ2v) is 5.58. The zero-order chi connectivity index (χ0) is 14.0.